The molecule has 0 aliphatic rings. The lowest BCUT2D eigenvalue weighted by Gasteiger charge is -2.10. The second-order valence-electron chi connectivity index (χ2n) is 5.56. The fourth-order valence-electron chi connectivity index (χ4n) is 2.65. The lowest BCUT2D eigenvalue weighted by Crippen LogP contribution is -2.28. The molecule has 0 bridgehead atoms. The van der Waals surface area contributed by atoms with Gasteiger partial charge in [0.05, 0.1) is 10.6 Å². The molecule has 6 nitrogen and oxygen atoms in total. The highest BCUT2D eigenvalue weighted by Crippen LogP contribution is 2.32. The number of aromatic nitrogens is 1. The van der Waals surface area contributed by atoms with Gasteiger partial charge in [-0.25, -0.2) is 0 Å². The van der Waals surface area contributed by atoms with Crippen molar-refractivity contribution in [2.75, 3.05) is 6.54 Å². The smallest absolute Gasteiger partial charge is 0.269 e. The van der Waals surface area contributed by atoms with E-state index in [1.165, 1.54) is 12.3 Å². The first-order valence-electron chi connectivity index (χ1n) is 7.69. The average molecular weight is 371 g/mol. The molecule has 0 atom stereocenters. The van der Waals surface area contributed by atoms with Gasteiger partial charge in [-0.05, 0) is 6.07 Å². The van der Waals surface area contributed by atoms with Crippen molar-refractivity contribution in [2.24, 2.45) is 0 Å². The number of rotatable bonds is 4. The van der Waals surface area contributed by atoms with Gasteiger partial charge in [-0.15, -0.1) is 6.58 Å². The van der Waals surface area contributed by atoms with E-state index >= 15 is 0 Å². The number of carbonyl (C=O) groups is 2. The monoisotopic (exact) mass is 370 g/mol. The van der Waals surface area contributed by atoms with Gasteiger partial charge >= 0.3 is 0 Å². The molecule has 0 fully saturated rings. The molecule has 0 spiro atoms. The number of amides is 1. The minimum Gasteiger partial charge on any atom is -0.507 e. The zero-order chi connectivity index (χ0) is 18.8. The molecular formula is C19H15ClN2O4. The van der Waals surface area contributed by atoms with Crippen molar-refractivity contribution >= 4 is 34.2 Å². The van der Waals surface area contributed by atoms with Crippen LogP contribution in [0.25, 0.3) is 10.8 Å². The quantitative estimate of drug-likeness (QED) is 0.614. The third-order valence-corrected chi connectivity index (χ3v) is 4.16. The maximum absolute atomic E-state index is 13.0. The molecule has 1 amide bonds. The molecule has 0 unspecified atom stereocenters. The van der Waals surface area contributed by atoms with Crippen LogP contribution < -0.4 is 5.32 Å². The molecule has 0 aliphatic heterocycles. The van der Waals surface area contributed by atoms with E-state index in [-0.39, 0.29) is 28.6 Å². The number of hydrogen-bond acceptors (Lipinski definition) is 4. The summed E-state index contributed by atoms with van der Waals surface area (Å²) < 4.78 is 1.16. The summed E-state index contributed by atoms with van der Waals surface area (Å²) in [6, 6.07) is 9.19. The standard InChI is InChI=1S/C19H15ClN2O4/c1-2-7-21-18(25)17-12-6-4-3-5-11(12)10-22(17)19(26)13-8-14(20)16(24)9-15(13)23/h2-6,8-10,23-24H,1,7H2,(H,21,25). The molecule has 0 radical (unpaired) electrons. The lowest BCUT2D eigenvalue weighted by atomic mass is 10.1. The van der Waals surface area contributed by atoms with E-state index in [9.17, 15) is 19.8 Å². The van der Waals surface area contributed by atoms with Crippen molar-refractivity contribution in [3.8, 4) is 11.5 Å². The van der Waals surface area contributed by atoms with E-state index in [1.54, 1.807) is 24.3 Å². The van der Waals surface area contributed by atoms with Crippen LogP contribution in [-0.2, 0) is 0 Å². The topological polar surface area (TPSA) is 91.6 Å². The van der Waals surface area contributed by atoms with Crippen LogP contribution in [0.15, 0.2) is 55.3 Å². The van der Waals surface area contributed by atoms with Crippen LogP contribution >= 0.6 is 11.6 Å². The second kappa shape index (κ2) is 6.93. The van der Waals surface area contributed by atoms with Gasteiger partial charge in [0.2, 0.25) is 0 Å². The van der Waals surface area contributed by atoms with E-state index in [0.29, 0.717) is 10.8 Å². The molecule has 7 heteroatoms. The maximum Gasteiger partial charge on any atom is 0.269 e. The number of carbonyl (C=O) groups excluding carboxylic acids is 2. The van der Waals surface area contributed by atoms with Gasteiger partial charge in [0, 0.05) is 29.6 Å². The average Bonchev–Trinajstić information content (AvgIpc) is 3.01. The van der Waals surface area contributed by atoms with Crippen LogP contribution in [-0.4, -0.2) is 33.1 Å². The summed E-state index contributed by atoms with van der Waals surface area (Å²) in [7, 11) is 0. The highest BCUT2D eigenvalue weighted by atomic mass is 35.5. The molecule has 0 aliphatic carbocycles. The van der Waals surface area contributed by atoms with Crippen molar-refractivity contribution in [3.63, 3.8) is 0 Å². The van der Waals surface area contributed by atoms with Crippen molar-refractivity contribution in [2.45, 2.75) is 0 Å². The third-order valence-electron chi connectivity index (χ3n) is 3.86. The van der Waals surface area contributed by atoms with Gasteiger partial charge < -0.3 is 15.5 Å². The number of benzene rings is 2. The van der Waals surface area contributed by atoms with Crippen molar-refractivity contribution in [1.82, 2.24) is 9.88 Å². The zero-order valence-electron chi connectivity index (χ0n) is 13.6. The number of nitrogens with zero attached hydrogens (tertiary/aromatic N) is 1. The number of aromatic hydroxyl groups is 2. The van der Waals surface area contributed by atoms with E-state index in [4.69, 9.17) is 11.6 Å². The summed E-state index contributed by atoms with van der Waals surface area (Å²) in [6.07, 6.45) is 3.04. The van der Waals surface area contributed by atoms with Gasteiger partial charge in [0.1, 0.15) is 17.2 Å². The molecule has 1 aromatic heterocycles. The van der Waals surface area contributed by atoms with Crippen molar-refractivity contribution < 1.29 is 19.8 Å². The zero-order valence-corrected chi connectivity index (χ0v) is 14.3. The van der Waals surface area contributed by atoms with Crippen LogP contribution in [0.1, 0.15) is 20.8 Å². The Morgan fingerprint density at radius 2 is 1.92 bits per heavy atom. The van der Waals surface area contributed by atoms with Crippen LogP contribution in [0.2, 0.25) is 5.02 Å². The van der Waals surface area contributed by atoms with Crippen molar-refractivity contribution in [1.29, 1.82) is 0 Å². The molecule has 0 saturated carbocycles. The van der Waals surface area contributed by atoms with Gasteiger partial charge in [0.15, 0.2) is 0 Å². The summed E-state index contributed by atoms with van der Waals surface area (Å²) in [5.74, 6) is -1.89. The fraction of sp³-hybridized carbons (Fsp3) is 0.0526. The maximum atomic E-state index is 13.0. The highest BCUT2D eigenvalue weighted by Gasteiger charge is 2.24. The molecule has 1 heterocycles. The Labute approximate surface area is 153 Å². The molecule has 132 valence electrons. The Balaban J connectivity index is 2.18. The summed E-state index contributed by atoms with van der Waals surface area (Å²) in [6.45, 7) is 3.79. The summed E-state index contributed by atoms with van der Waals surface area (Å²) in [5, 5.41) is 23.4. The predicted molar refractivity (Wildman–Crippen MR) is 99.0 cm³/mol. The number of phenols is 2. The van der Waals surface area contributed by atoms with Gasteiger partial charge in [-0.1, -0.05) is 41.9 Å². The first-order valence-corrected chi connectivity index (χ1v) is 8.07. The van der Waals surface area contributed by atoms with Gasteiger partial charge in [-0.3, -0.25) is 14.2 Å². The Morgan fingerprint density at radius 3 is 2.65 bits per heavy atom. The SMILES string of the molecule is C=CCNC(=O)c1c2ccccc2cn1C(=O)c1cc(Cl)c(O)cc1O. The van der Waals surface area contributed by atoms with Gasteiger partial charge in [0.25, 0.3) is 11.8 Å². The fourth-order valence-corrected chi connectivity index (χ4v) is 2.81. The van der Waals surface area contributed by atoms with E-state index in [0.717, 1.165) is 16.7 Å². The molecule has 26 heavy (non-hydrogen) atoms. The largest absolute Gasteiger partial charge is 0.507 e. The minimum atomic E-state index is -0.649. The Morgan fingerprint density at radius 1 is 1.19 bits per heavy atom. The molecule has 3 N–H and O–H groups in total. The number of fused-ring (bicyclic) bond motifs is 1. The van der Waals surface area contributed by atoms with Crippen LogP contribution in [0.5, 0.6) is 11.5 Å². The number of hydrogen-bond donors (Lipinski definition) is 3. The number of halogens is 1. The van der Waals surface area contributed by atoms with E-state index in [2.05, 4.69) is 11.9 Å². The first kappa shape index (κ1) is 17.6. The minimum absolute atomic E-state index is 0.0829. The first-order chi connectivity index (χ1) is 12.4. The van der Waals surface area contributed by atoms with Crippen molar-refractivity contribution in [3.05, 3.63) is 71.5 Å². The van der Waals surface area contributed by atoms with E-state index in [1.807, 2.05) is 0 Å². The lowest BCUT2D eigenvalue weighted by molar-refractivity contribution is 0.0903. The second-order valence-corrected chi connectivity index (χ2v) is 5.97. The molecule has 0 saturated heterocycles. The van der Waals surface area contributed by atoms with Crippen LogP contribution in [0, 0.1) is 0 Å². The highest BCUT2D eigenvalue weighted by molar-refractivity contribution is 6.32. The third kappa shape index (κ3) is 3.02. The Kier molecular flexibility index (Phi) is 4.69. The molecule has 2 aromatic carbocycles. The summed E-state index contributed by atoms with van der Waals surface area (Å²) in [5.41, 5.74) is 0.00178. The molecular weight excluding hydrogens is 356 g/mol. The number of phenolic OH excluding ortho intramolecular Hbond substituents is 2. The Hall–Kier alpha value is -3.25. The van der Waals surface area contributed by atoms with Crippen LogP contribution in [0.4, 0.5) is 0 Å². The van der Waals surface area contributed by atoms with E-state index < -0.39 is 17.6 Å². The normalized spacial score (nSPS) is 10.7. The predicted octanol–water partition coefficient (Wildman–Crippen LogP) is 3.31. The Bertz CT molecular complexity index is 1040. The van der Waals surface area contributed by atoms with Crippen LogP contribution in [0.3, 0.4) is 0 Å². The molecule has 3 aromatic rings. The summed E-state index contributed by atoms with van der Waals surface area (Å²) in [4.78, 5) is 25.5. The van der Waals surface area contributed by atoms with Gasteiger partial charge in [-0.2, -0.15) is 0 Å². The summed E-state index contributed by atoms with van der Waals surface area (Å²) >= 11 is 5.85. The molecule has 3 rings (SSSR count). The number of nitrogens with one attached hydrogen (secondary N) is 1.